The second kappa shape index (κ2) is 10.6. The number of carbonyl (C=O) groups excluding carboxylic acids is 1. The SMILES string of the molecule is Cl.NCCCCCCC(=O)NCCc1csc2ccccc12. The van der Waals surface area contributed by atoms with E-state index >= 15 is 0 Å². The van der Waals surface area contributed by atoms with Crippen LogP contribution < -0.4 is 11.1 Å². The third-order valence-electron chi connectivity index (χ3n) is 3.64. The predicted octanol–water partition coefficient (Wildman–Crippen LogP) is 3.89. The molecule has 0 spiro atoms. The van der Waals surface area contributed by atoms with Crippen molar-refractivity contribution in [2.75, 3.05) is 13.1 Å². The molecule has 0 aliphatic heterocycles. The molecule has 3 nitrogen and oxygen atoms in total. The Hall–Kier alpha value is -1.10. The third-order valence-corrected chi connectivity index (χ3v) is 4.65. The molecule has 1 aromatic heterocycles. The molecule has 2 aromatic rings. The molecule has 122 valence electrons. The standard InChI is InChI=1S/C17H24N2OS.ClH/c18-11-6-2-1-3-9-17(20)19-12-10-14-13-21-16-8-5-4-7-15(14)16;/h4-5,7-8,13H,1-3,6,9-12,18H2,(H,19,20);1H. The van der Waals surface area contributed by atoms with Crippen LogP contribution in [0.2, 0.25) is 0 Å². The van der Waals surface area contributed by atoms with Crippen LogP contribution in [-0.4, -0.2) is 19.0 Å². The van der Waals surface area contributed by atoms with Crippen LogP contribution in [0, 0.1) is 0 Å². The number of nitrogens with one attached hydrogen (secondary N) is 1. The summed E-state index contributed by atoms with van der Waals surface area (Å²) in [5, 5.41) is 6.53. The summed E-state index contributed by atoms with van der Waals surface area (Å²) >= 11 is 1.77. The first kappa shape index (κ1) is 18.9. The van der Waals surface area contributed by atoms with E-state index in [0.29, 0.717) is 6.42 Å². The van der Waals surface area contributed by atoms with Crippen molar-refractivity contribution in [3.05, 3.63) is 35.2 Å². The summed E-state index contributed by atoms with van der Waals surface area (Å²) in [5.74, 6) is 0.169. The Labute approximate surface area is 142 Å². The van der Waals surface area contributed by atoms with Crippen LogP contribution in [0.15, 0.2) is 29.6 Å². The number of rotatable bonds is 9. The Morgan fingerprint density at radius 1 is 1.14 bits per heavy atom. The highest BCUT2D eigenvalue weighted by Gasteiger charge is 2.04. The highest BCUT2D eigenvalue weighted by atomic mass is 35.5. The van der Waals surface area contributed by atoms with Crippen LogP contribution in [0.3, 0.4) is 0 Å². The summed E-state index contributed by atoms with van der Waals surface area (Å²) in [6, 6.07) is 8.43. The van der Waals surface area contributed by atoms with Crippen LogP contribution in [0.25, 0.3) is 10.1 Å². The van der Waals surface area contributed by atoms with Gasteiger partial charge in [0.05, 0.1) is 0 Å². The van der Waals surface area contributed by atoms with Crippen molar-refractivity contribution in [2.24, 2.45) is 5.73 Å². The maximum absolute atomic E-state index is 11.7. The average Bonchev–Trinajstić information content (AvgIpc) is 2.91. The van der Waals surface area contributed by atoms with Crippen LogP contribution in [0.1, 0.15) is 37.7 Å². The summed E-state index contributed by atoms with van der Waals surface area (Å²) in [4.78, 5) is 11.7. The lowest BCUT2D eigenvalue weighted by Gasteiger charge is -2.05. The largest absolute Gasteiger partial charge is 0.356 e. The number of unbranched alkanes of at least 4 members (excludes halogenated alkanes) is 3. The van der Waals surface area contributed by atoms with Gasteiger partial charge in [0.1, 0.15) is 0 Å². The number of halogens is 1. The molecule has 1 heterocycles. The molecule has 1 aromatic carbocycles. The molecule has 0 atom stereocenters. The van der Waals surface area contributed by atoms with Gasteiger partial charge in [0.15, 0.2) is 0 Å². The number of carbonyl (C=O) groups is 1. The van der Waals surface area contributed by atoms with E-state index in [0.717, 1.165) is 45.2 Å². The minimum absolute atomic E-state index is 0. The van der Waals surface area contributed by atoms with Gasteiger partial charge in [0.25, 0.3) is 0 Å². The van der Waals surface area contributed by atoms with Crippen LogP contribution in [0.4, 0.5) is 0 Å². The first-order valence-electron chi connectivity index (χ1n) is 7.73. The minimum atomic E-state index is 0. The average molecular weight is 341 g/mol. The minimum Gasteiger partial charge on any atom is -0.356 e. The highest BCUT2D eigenvalue weighted by Crippen LogP contribution is 2.25. The summed E-state index contributed by atoms with van der Waals surface area (Å²) < 4.78 is 1.32. The van der Waals surface area contributed by atoms with Crippen LogP contribution >= 0.6 is 23.7 Å². The Bertz CT molecular complexity index is 571. The Kier molecular flexibility index (Phi) is 9.13. The number of fused-ring (bicyclic) bond motifs is 1. The molecule has 22 heavy (non-hydrogen) atoms. The molecule has 5 heteroatoms. The zero-order valence-electron chi connectivity index (χ0n) is 12.8. The van der Waals surface area contributed by atoms with Crippen LogP contribution in [0.5, 0.6) is 0 Å². The molecule has 0 unspecified atom stereocenters. The summed E-state index contributed by atoms with van der Waals surface area (Å²) in [7, 11) is 0. The number of thiophene rings is 1. The number of hydrogen-bond donors (Lipinski definition) is 2. The van der Waals surface area contributed by atoms with Crippen LogP contribution in [-0.2, 0) is 11.2 Å². The van der Waals surface area contributed by atoms with E-state index in [4.69, 9.17) is 5.73 Å². The molecular formula is C17H25ClN2OS. The second-order valence-electron chi connectivity index (χ2n) is 5.31. The highest BCUT2D eigenvalue weighted by molar-refractivity contribution is 7.17. The fourth-order valence-corrected chi connectivity index (χ4v) is 3.43. The fraction of sp³-hybridized carbons (Fsp3) is 0.471. The first-order valence-corrected chi connectivity index (χ1v) is 8.61. The Morgan fingerprint density at radius 2 is 1.91 bits per heavy atom. The van der Waals surface area contributed by atoms with E-state index in [-0.39, 0.29) is 18.3 Å². The number of benzene rings is 1. The fourth-order valence-electron chi connectivity index (χ4n) is 2.43. The van der Waals surface area contributed by atoms with Gasteiger partial charge in [0, 0.05) is 17.7 Å². The van der Waals surface area contributed by atoms with E-state index in [2.05, 4.69) is 35.0 Å². The monoisotopic (exact) mass is 340 g/mol. The lowest BCUT2D eigenvalue weighted by atomic mass is 10.1. The molecule has 0 saturated carbocycles. The lowest BCUT2D eigenvalue weighted by molar-refractivity contribution is -0.121. The van der Waals surface area contributed by atoms with E-state index in [1.54, 1.807) is 11.3 Å². The van der Waals surface area contributed by atoms with E-state index in [1.807, 2.05) is 0 Å². The van der Waals surface area contributed by atoms with Gasteiger partial charge in [-0.25, -0.2) is 0 Å². The van der Waals surface area contributed by atoms with Gasteiger partial charge in [0.2, 0.25) is 5.91 Å². The summed E-state index contributed by atoms with van der Waals surface area (Å²) in [5.41, 5.74) is 6.78. The lowest BCUT2D eigenvalue weighted by Crippen LogP contribution is -2.25. The second-order valence-corrected chi connectivity index (χ2v) is 6.22. The Morgan fingerprint density at radius 3 is 2.73 bits per heavy atom. The molecule has 0 aliphatic carbocycles. The van der Waals surface area contributed by atoms with Crippen molar-refractivity contribution in [3.63, 3.8) is 0 Å². The normalized spacial score (nSPS) is 10.4. The number of nitrogens with two attached hydrogens (primary N) is 1. The van der Waals surface area contributed by atoms with Crippen molar-refractivity contribution < 1.29 is 4.79 Å². The number of hydrogen-bond acceptors (Lipinski definition) is 3. The maximum atomic E-state index is 11.7. The van der Waals surface area contributed by atoms with Gasteiger partial charge in [-0.3, -0.25) is 4.79 Å². The van der Waals surface area contributed by atoms with Crippen molar-refractivity contribution in [2.45, 2.75) is 38.5 Å². The first-order chi connectivity index (χ1) is 10.3. The molecule has 0 radical (unpaired) electrons. The van der Waals surface area contributed by atoms with Crippen molar-refractivity contribution in [3.8, 4) is 0 Å². The van der Waals surface area contributed by atoms with Gasteiger partial charge in [-0.1, -0.05) is 31.0 Å². The molecule has 0 bridgehead atoms. The third kappa shape index (κ3) is 5.95. The van der Waals surface area contributed by atoms with E-state index in [9.17, 15) is 4.79 Å². The maximum Gasteiger partial charge on any atom is 0.220 e. The van der Waals surface area contributed by atoms with Crippen molar-refractivity contribution >= 4 is 39.7 Å². The Balaban J connectivity index is 0.00000242. The van der Waals surface area contributed by atoms with Gasteiger partial charge in [-0.15, -0.1) is 23.7 Å². The molecule has 0 fully saturated rings. The molecule has 0 saturated heterocycles. The zero-order valence-corrected chi connectivity index (χ0v) is 14.5. The van der Waals surface area contributed by atoms with Crippen molar-refractivity contribution in [1.82, 2.24) is 5.32 Å². The van der Waals surface area contributed by atoms with Gasteiger partial charge in [-0.05, 0) is 48.2 Å². The summed E-state index contributed by atoms with van der Waals surface area (Å²) in [6.07, 6.45) is 5.79. The van der Waals surface area contributed by atoms with Gasteiger partial charge < -0.3 is 11.1 Å². The topological polar surface area (TPSA) is 55.1 Å². The quantitative estimate of drug-likeness (QED) is 0.680. The molecule has 0 aliphatic rings. The summed E-state index contributed by atoms with van der Waals surface area (Å²) in [6.45, 7) is 1.48. The predicted molar refractivity (Wildman–Crippen MR) is 97.9 cm³/mol. The smallest absolute Gasteiger partial charge is 0.220 e. The van der Waals surface area contributed by atoms with Gasteiger partial charge >= 0.3 is 0 Å². The van der Waals surface area contributed by atoms with Gasteiger partial charge in [-0.2, -0.15) is 0 Å². The molecule has 1 amide bonds. The molecule has 2 rings (SSSR count). The van der Waals surface area contributed by atoms with E-state index in [1.165, 1.54) is 15.6 Å². The molecular weight excluding hydrogens is 316 g/mol. The molecule has 3 N–H and O–H groups in total. The van der Waals surface area contributed by atoms with Crippen molar-refractivity contribution in [1.29, 1.82) is 0 Å². The zero-order chi connectivity index (χ0) is 14.9. The number of amides is 1. The van der Waals surface area contributed by atoms with E-state index < -0.39 is 0 Å².